The number of rotatable bonds is 8. The molecule has 1 fully saturated rings. The van der Waals surface area contributed by atoms with Crippen molar-refractivity contribution in [2.45, 2.75) is 19.4 Å². The lowest BCUT2D eigenvalue weighted by molar-refractivity contribution is -0.132. The first-order valence-corrected chi connectivity index (χ1v) is 10.8. The summed E-state index contributed by atoms with van der Waals surface area (Å²) in [5.74, 6) is 1.96. The van der Waals surface area contributed by atoms with E-state index in [1.165, 1.54) is 4.88 Å². The second-order valence-corrected chi connectivity index (χ2v) is 8.66. The average Bonchev–Trinajstić information content (AvgIpc) is 3.16. The summed E-state index contributed by atoms with van der Waals surface area (Å²) in [4.78, 5) is 18.3. The van der Waals surface area contributed by atoms with E-state index < -0.39 is 0 Å². The second-order valence-electron chi connectivity index (χ2n) is 6.86. The van der Waals surface area contributed by atoms with Crippen LogP contribution >= 0.6 is 22.9 Å². The number of hydrogen-bond acceptors (Lipinski definition) is 6. The highest BCUT2D eigenvalue weighted by atomic mass is 35.5. The van der Waals surface area contributed by atoms with Gasteiger partial charge in [0.1, 0.15) is 0 Å². The van der Waals surface area contributed by atoms with Crippen molar-refractivity contribution in [1.29, 1.82) is 0 Å². The van der Waals surface area contributed by atoms with Crippen molar-refractivity contribution in [2.24, 2.45) is 0 Å². The number of carbonyl (C=O) groups excluding carboxylic acids is 1. The van der Waals surface area contributed by atoms with Gasteiger partial charge in [-0.05, 0) is 30.2 Å². The predicted molar refractivity (Wildman–Crippen MR) is 116 cm³/mol. The lowest BCUT2D eigenvalue weighted by atomic mass is 10.1. The summed E-state index contributed by atoms with van der Waals surface area (Å²) in [5, 5.41) is 0. The van der Waals surface area contributed by atoms with Crippen molar-refractivity contribution in [3.05, 3.63) is 39.0 Å². The molecule has 0 N–H and O–H groups in total. The van der Waals surface area contributed by atoms with E-state index in [2.05, 4.69) is 11.0 Å². The number of piperazine rings is 1. The van der Waals surface area contributed by atoms with Gasteiger partial charge in [-0.3, -0.25) is 9.69 Å². The molecule has 1 saturated heterocycles. The minimum absolute atomic E-state index is 0.167. The lowest BCUT2D eigenvalue weighted by Gasteiger charge is -2.34. The SMILES string of the molecule is COc1ccc(CCC(=O)N2CCN(Cc3ccc(Cl)s3)CC2)c(OC)c1OC. The van der Waals surface area contributed by atoms with Crippen molar-refractivity contribution in [3.63, 3.8) is 0 Å². The normalized spacial score (nSPS) is 14.7. The topological polar surface area (TPSA) is 51.2 Å². The third-order valence-corrected chi connectivity index (χ3v) is 6.34. The van der Waals surface area contributed by atoms with Gasteiger partial charge in [-0.25, -0.2) is 0 Å². The number of aryl methyl sites for hydroxylation is 1. The molecule has 1 aliphatic rings. The lowest BCUT2D eigenvalue weighted by Crippen LogP contribution is -2.48. The molecule has 0 aliphatic carbocycles. The summed E-state index contributed by atoms with van der Waals surface area (Å²) < 4.78 is 17.1. The zero-order valence-corrected chi connectivity index (χ0v) is 18.6. The first kappa shape index (κ1) is 21.7. The van der Waals surface area contributed by atoms with E-state index in [1.54, 1.807) is 32.7 Å². The van der Waals surface area contributed by atoms with Crippen molar-refractivity contribution < 1.29 is 19.0 Å². The average molecular weight is 439 g/mol. The van der Waals surface area contributed by atoms with Gasteiger partial charge >= 0.3 is 0 Å². The largest absolute Gasteiger partial charge is 0.493 e. The zero-order chi connectivity index (χ0) is 20.8. The van der Waals surface area contributed by atoms with E-state index in [4.69, 9.17) is 25.8 Å². The quantitative estimate of drug-likeness (QED) is 0.629. The molecular weight excluding hydrogens is 412 g/mol. The van der Waals surface area contributed by atoms with Crippen LogP contribution in [-0.4, -0.2) is 63.2 Å². The minimum atomic E-state index is 0.167. The van der Waals surface area contributed by atoms with E-state index >= 15 is 0 Å². The van der Waals surface area contributed by atoms with E-state index in [0.29, 0.717) is 30.1 Å². The third-order valence-electron chi connectivity index (χ3n) is 5.13. The van der Waals surface area contributed by atoms with E-state index in [9.17, 15) is 4.79 Å². The van der Waals surface area contributed by atoms with Crippen LogP contribution in [0.5, 0.6) is 17.2 Å². The van der Waals surface area contributed by atoms with Crippen LogP contribution in [0.4, 0.5) is 0 Å². The summed E-state index contributed by atoms with van der Waals surface area (Å²) >= 11 is 7.62. The molecule has 2 heterocycles. The molecule has 0 radical (unpaired) electrons. The van der Waals surface area contributed by atoms with Gasteiger partial charge in [0.05, 0.1) is 25.7 Å². The molecule has 29 heavy (non-hydrogen) atoms. The summed E-state index contributed by atoms with van der Waals surface area (Å²) in [6, 6.07) is 7.78. The number of thiophene rings is 1. The van der Waals surface area contributed by atoms with Gasteiger partial charge in [-0.15, -0.1) is 11.3 Å². The summed E-state index contributed by atoms with van der Waals surface area (Å²) in [5.41, 5.74) is 0.937. The van der Waals surface area contributed by atoms with Crippen LogP contribution in [-0.2, 0) is 17.8 Å². The molecule has 0 unspecified atom stereocenters. The van der Waals surface area contributed by atoms with Crippen molar-refractivity contribution in [1.82, 2.24) is 9.80 Å². The predicted octanol–water partition coefficient (Wildman–Crippen LogP) is 3.70. The molecule has 2 aromatic rings. The number of amides is 1. The molecule has 8 heteroatoms. The highest BCUT2D eigenvalue weighted by Gasteiger charge is 2.22. The Morgan fingerprint density at radius 3 is 2.31 bits per heavy atom. The first-order chi connectivity index (χ1) is 14.0. The van der Waals surface area contributed by atoms with Crippen molar-refractivity contribution in [2.75, 3.05) is 47.5 Å². The van der Waals surface area contributed by atoms with Crippen LogP contribution in [0.2, 0.25) is 4.34 Å². The van der Waals surface area contributed by atoms with Crippen LogP contribution in [0.1, 0.15) is 16.9 Å². The van der Waals surface area contributed by atoms with Gasteiger partial charge in [0.2, 0.25) is 11.7 Å². The smallest absolute Gasteiger partial charge is 0.222 e. The van der Waals surface area contributed by atoms with Crippen LogP contribution < -0.4 is 14.2 Å². The number of halogens is 1. The number of ether oxygens (including phenoxy) is 3. The van der Waals surface area contributed by atoms with Gasteiger partial charge in [0.25, 0.3) is 0 Å². The van der Waals surface area contributed by atoms with Gasteiger partial charge in [0, 0.05) is 44.0 Å². The van der Waals surface area contributed by atoms with Crippen LogP contribution in [0.25, 0.3) is 0 Å². The Balaban J connectivity index is 1.53. The molecule has 0 saturated carbocycles. The Hall–Kier alpha value is -1.96. The molecular formula is C21H27ClN2O4S. The number of nitrogens with zero attached hydrogens (tertiary/aromatic N) is 2. The molecule has 0 spiro atoms. The number of benzene rings is 1. The Kier molecular flexibility index (Phi) is 7.64. The monoisotopic (exact) mass is 438 g/mol. The Labute approximate surface area is 180 Å². The number of carbonyl (C=O) groups is 1. The van der Waals surface area contributed by atoms with Gasteiger partial charge in [-0.1, -0.05) is 17.7 Å². The second kappa shape index (κ2) is 10.2. The fourth-order valence-corrected chi connectivity index (χ4v) is 4.70. The molecule has 1 amide bonds. The Morgan fingerprint density at radius 2 is 1.72 bits per heavy atom. The highest BCUT2D eigenvalue weighted by Crippen LogP contribution is 2.40. The van der Waals surface area contributed by atoms with Crippen LogP contribution in [0.15, 0.2) is 24.3 Å². The Morgan fingerprint density at radius 1 is 1.00 bits per heavy atom. The Bertz CT molecular complexity index is 834. The van der Waals surface area contributed by atoms with E-state index in [-0.39, 0.29) is 5.91 Å². The maximum Gasteiger partial charge on any atom is 0.222 e. The minimum Gasteiger partial charge on any atom is -0.493 e. The van der Waals surface area contributed by atoms with Gasteiger partial charge in [0.15, 0.2) is 11.5 Å². The molecule has 3 rings (SSSR count). The maximum atomic E-state index is 12.7. The van der Waals surface area contributed by atoms with E-state index in [0.717, 1.165) is 42.6 Å². The highest BCUT2D eigenvalue weighted by molar-refractivity contribution is 7.16. The molecule has 0 bridgehead atoms. The van der Waals surface area contributed by atoms with Gasteiger partial charge in [-0.2, -0.15) is 0 Å². The van der Waals surface area contributed by atoms with Crippen LogP contribution in [0.3, 0.4) is 0 Å². The number of hydrogen-bond donors (Lipinski definition) is 0. The summed E-state index contributed by atoms with van der Waals surface area (Å²) in [7, 11) is 4.77. The zero-order valence-electron chi connectivity index (χ0n) is 17.1. The molecule has 1 aromatic heterocycles. The number of methoxy groups -OCH3 is 3. The molecule has 158 valence electrons. The maximum absolute atomic E-state index is 12.7. The fourth-order valence-electron chi connectivity index (χ4n) is 3.57. The molecule has 0 atom stereocenters. The van der Waals surface area contributed by atoms with Crippen LogP contribution in [0, 0.1) is 0 Å². The first-order valence-electron chi connectivity index (χ1n) is 9.58. The summed E-state index contributed by atoms with van der Waals surface area (Å²) in [6.45, 7) is 4.14. The van der Waals surface area contributed by atoms with E-state index in [1.807, 2.05) is 23.1 Å². The third kappa shape index (κ3) is 5.35. The van der Waals surface area contributed by atoms with Gasteiger partial charge < -0.3 is 19.1 Å². The summed E-state index contributed by atoms with van der Waals surface area (Å²) in [6.07, 6.45) is 1.03. The van der Waals surface area contributed by atoms with Crippen molar-refractivity contribution in [3.8, 4) is 17.2 Å². The fraction of sp³-hybridized carbons (Fsp3) is 0.476. The standard InChI is InChI=1S/C21H27ClN2O4S/c1-26-17-7-4-15(20(27-2)21(17)28-3)5-9-19(25)24-12-10-23(11-13-24)14-16-6-8-18(22)29-16/h4,6-8H,5,9-14H2,1-3H3. The van der Waals surface area contributed by atoms with Crippen molar-refractivity contribution >= 4 is 28.8 Å². The molecule has 6 nitrogen and oxygen atoms in total. The molecule has 1 aliphatic heterocycles. The molecule has 1 aromatic carbocycles.